The number of carboxylic acid groups (broad SMARTS) is 1. The predicted octanol–water partition coefficient (Wildman–Crippen LogP) is 2.61. The van der Waals surface area contributed by atoms with Gasteiger partial charge in [-0.3, -0.25) is 4.79 Å². The Hall–Kier alpha value is -1.55. The molecule has 0 amide bonds. The monoisotopic (exact) mass is 277 g/mol. The van der Waals surface area contributed by atoms with Crippen LogP contribution in [-0.2, 0) is 4.79 Å². The highest BCUT2D eigenvalue weighted by Crippen LogP contribution is 2.24. The normalized spacial score (nSPS) is 22.4. The van der Waals surface area contributed by atoms with Crippen LogP contribution in [0.25, 0.3) is 0 Å². The minimum absolute atomic E-state index is 0.182. The second-order valence-electron chi connectivity index (χ2n) is 5.52. The van der Waals surface area contributed by atoms with Gasteiger partial charge in [0.1, 0.15) is 12.4 Å². The molecule has 2 N–H and O–H groups in total. The summed E-state index contributed by atoms with van der Waals surface area (Å²) in [5.41, 5.74) is 1.19. The lowest BCUT2D eigenvalue weighted by molar-refractivity contribution is -0.143. The number of benzene rings is 1. The molecule has 1 aromatic carbocycles. The van der Waals surface area contributed by atoms with Crippen LogP contribution in [0.2, 0.25) is 0 Å². The predicted molar refractivity (Wildman–Crippen MR) is 78.1 cm³/mol. The van der Waals surface area contributed by atoms with Gasteiger partial charge in [0, 0.05) is 12.6 Å². The first-order valence-electron chi connectivity index (χ1n) is 7.31. The third-order valence-corrected chi connectivity index (χ3v) is 3.82. The van der Waals surface area contributed by atoms with Crippen LogP contribution in [0.5, 0.6) is 5.75 Å². The van der Waals surface area contributed by atoms with Crippen molar-refractivity contribution in [3.05, 3.63) is 29.8 Å². The van der Waals surface area contributed by atoms with Gasteiger partial charge >= 0.3 is 5.97 Å². The highest BCUT2D eigenvalue weighted by Gasteiger charge is 2.26. The van der Waals surface area contributed by atoms with Crippen molar-refractivity contribution in [3.8, 4) is 5.75 Å². The first-order valence-corrected chi connectivity index (χ1v) is 7.31. The number of hydrogen-bond acceptors (Lipinski definition) is 3. The van der Waals surface area contributed by atoms with E-state index in [2.05, 4.69) is 5.32 Å². The number of carbonyl (C=O) groups is 1. The Morgan fingerprint density at radius 1 is 1.45 bits per heavy atom. The van der Waals surface area contributed by atoms with Gasteiger partial charge in [-0.25, -0.2) is 0 Å². The maximum atomic E-state index is 11.0. The zero-order valence-corrected chi connectivity index (χ0v) is 12.0. The third-order valence-electron chi connectivity index (χ3n) is 3.82. The molecule has 0 aliphatic heterocycles. The van der Waals surface area contributed by atoms with E-state index in [-0.39, 0.29) is 5.92 Å². The average Bonchev–Trinajstić information content (AvgIpc) is 2.44. The molecule has 1 saturated carbocycles. The Morgan fingerprint density at radius 3 is 3.05 bits per heavy atom. The van der Waals surface area contributed by atoms with Crippen molar-refractivity contribution in [1.82, 2.24) is 5.32 Å². The first-order chi connectivity index (χ1) is 9.65. The van der Waals surface area contributed by atoms with Gasteiger partial charge in [0.25, 0.3) is 0 Å². The first kappa shape index (κ1) is 14.9. The second kappa shape index (κ2) is 7.29. The standard InChI is InChI=1S/C16H23NO3/c1-12-4-2-7-15(10-12)20-9-8-17-14-6-3-5-13(11-14)16(18)19/h2,4,7,10,13-14,17H,3,5-6,8-9,11H2,1H3,(H,18,19). The van der Waals surface area contributed by atoms with Gasteiger partial charge in [0.15, 0.2) is 0 Å². The van der Waals surface area contributed by atoms with Crippen LogP contribution in [0.4, 0.5) is 0 Å². The molecule has 0 bridgehead atoms. The van der Waals surface area contributed by atoms with Crippen LogP contribution in [0, 0.1) is 12.8 Å². The summed E-state index contributed by atoms with van der Waals surface area (Å²) >= 11 is 0. The molecule has 4 heteroatoms. The van der Waals surface area contributed by atoms with Crippen LogP contribution in [0.1, 0.15) is 31.2 Å². The molecule has 0 spiro atoms. The molecule has 1 aliphatic rings. The Bertz CT molecular complexity index is 447. The zero-order valence-electron chi connectivity index (χ0n) is 12.0. The summed E-state index contributed by atoms with van der Waals surface area (Å²) in [6.45, 7) is 3.40. The fourth-order valence-corrected chi connectivity index (χ4v) is 2.74. The van der Waals surface area contributed by atoms with Crippen LogP contribution in [0.15, 0.2) is 24.3 Å². The molecule has 2 unspecified atom stereocenters. The number of aryl methyl sites for hydroxylation is 1. The largest absolute Gasteiger partial charge is 0.492 e. The van der Waals surface area contributed by atoms with Crippen molar-refractivity contribution in [2.45, 2.75) is 38.6 Å². The van der Waals surface area contributed by atoms with E-state index in [1.807, 2.05) is 31.2 Å². The van der Waals surface area contributed by atoms with Crippen molar-refractivity contribution >= 4 is 5.97 Å². The van der Waals surface area contributed by atoms with E-state index in [0.29, 0.717) is 12.6 Å². The lowest BCUT2D eigenvalue weighted by Crippen LogP contribution is -2.38. The fourth-order valence-electron chi connectivity index (χ4n) is 2.74. The SMILES string of the molecule is Cc1cccc(OCCNC2CCCC(C(=O)O)C2)c1. The van der Waals surface area contributed by atoms with E-state index in [0.717, 1.165) is 38.0 Å². The number of ether oxygens (including phenoxy) is 1. The fraction of sp³-hybridized carbons (Fsp3) is 0.562. The number of carboxylic acids is 1. The van der Waals surface area contributed by atoms with E-state index in [4.69, 9.17) is 9.84 Å². The molecule has 2 atom stereocenters. The van der Waals surface area contributed by atoms with Gasteiger partial charge in [-0.2, -0.15) is 0 Å². The molecule has 110 valence electrons. The minimum Gasteiger partial charge on any atom is -0.492 e. The van der Waals surface area contributed by atoms with Crippen molar-refractivity contribution in [3.63, 3.8) is 0 Å². The van der Waals surface area contributed by atoms with E-state index >= 15 is 0 Å². The number of nitrogens with one attached hydrogen (secondary N) is 1. The summed E-state index contributed by atoms with van der Waals surface area (Å²) in [6.07, 6.45) is 3.61. The number of rotatable bonds is 6. The topological polar surface area (TPSA) is 58.6 Å². The molecule has 1 fully saturated rings. The van der Waals surface area contributed by atoms with Crippen molar-refractivity contribution in [2.24, 2.45) is 5.92 Å². The summed E-state index contributed by atoms with van der Waals surface area (Å²) < 4.78 is 5.67. The lowest BCUT2D eigenvalue weighted by atomic mass is 9.86. The van der Waals surface area contributed by atoms with Gasteiger partial charge < -0.3 is 15.2 Å². The molecular weight excluding hydrogens is 254 g/mol. The van der Waals surface area contributed by atoms with E-state index in [1.165, 1.54) is 5.56 Å². The third kappa shape index (κ3) is 4.53. The maximum absolute atomic E-state index is 11.0. The number of hydrogen-bond donors (Lipinski definition) is 2. The van der Waals surface area contributed by atoms with Crippen molar-refractivity contribution in [2.75, 3.05) is 13.2 Å². The molecule has 0 aromatic heterocycles. The number of aliphatic carboxylic acids is 1. The van der Waals surface area contributed by atoms with Gasteiger partial charge in [-0.05, 0) is 43.9 Å². The zero-order chi connectivity index (χ0) is 14.4. The molecule has 20 heavy (non-hydrogen) atoms. The summed E-state index contributed by atoms with van der Waals surface area (Å²) in [5, 5.41) is 12.5. The molecule has 0 heterocycles. The lowest BCUT2D eigenvalue weighted by Gasteiger charge is -2.27. The summed E-state index contributed by atoms with van der Waals surface area (Å²) in [5.74, 6) is 0.0466. The summed E-state index contributed by atoms with van der Waals surface area (Å²) in [7, 11) is 0. The molecule has 1 aliphatic carbocycles. The van der Waals surface area contributed by atoms with E-state index < -0.39 is 5.97 Å². The average molecular weight is 277 g/mol. The van der Waals surface area contributed by atoms with Crippen LogP contribution < -0.4 is 10.1 Å². The Kier molecular flexibility index (Phi) is 5.41. The molecule has 1 aromatic rings. The van der Waals surface area contributed by atoms with Gasteiger partial charge in [0.2, 0.25) is 0 Å². The molecule has 0 radical (unpaired) electrons. The van der Waals surface area contributed by atoms with Crippen molar-refractivity contribution < 1.29 is 14.6 Å². The van der Waals surface area contributed by atoms with Crippen LogP contribution in [-0.4, -0.2) is 30.3 Å². The smallest absolute Gasteiger partial charge is 0.306 e. The minimum atomic E-state index is -0.660. The van der Waals surface area contributed by atoms with E-state index in [9.17, 15) is 4.79 Å². The Balaban J connectivity index is 1.67. The molecular formula is C16H23NO3. The molecule has 2 rings (SSSR count). The molecule has 4 nitrogen and oxygen atoms in total. The van der Waals surface area contributed by atoms with Gasteiger partial charge in [0.05, 0.1) is 5.92 Å². The summed E-state index contributed by atoms with van der Waals surface area (Å²) in [4.78, 5) is 11.0. The quantitative estimate of drug-likeness (QED) is 0.785. The Labute approximate surface area is 120 Å². The van der Waals surface area contributed by atoms with Crippen molar-refractivity contribution in [1.29, 1.82) is 0 Å². The maximum Gasteiger partial charge on any atom is 0.306 e. The Morgan fingerprint density at radius 2 is 2.30 bits per heavy atom. The van der Waals surface area contributed by atoms with Gasteiger partial charge in [-0.15, -0.1) is 0 Å². The highest BCUT2D eigenvalue weighted by molar-refractivity contribution is 5.70. The second-order valence-corrected chi connectivity index (χ2v) is 5.52. The van der Waals surface area contributed by atoms with Crippen LogP contribution in [0.3, 0.4) is 0 Å². The highest BCUT2D eigenvalue weighted by atomic mass is 16.5. The van der Waals surface area contributed by atoms with E-state index in [1.54, 1.807) is 0 Å². The van der Waals surface area contributed by atoms with Crippen LogP contribution >= 0.6 is 0 Å². The summed E-state index contributed by atoms with van der Waals surface area (Å²) in [6, 6.07) is 8.30. The van der Waals surface area contributed by atoms with Gasteiger partial charge in [-0.1, -0.05) is 18.6 Å². The molecule has 0 saturated heterocycles.